The fraction of sp³-hybridized carbons (Fsp3) is 0.412. The fourth-order valence-corrected chi connectivity index (χ4v) is 4.61. The third-order valence-corrected chi connectivity index (χ3v) is 6.13. The largest absolute Gasteiger partial charge is 0.312 e. The molecule has 1 nitrogen and oxygen atoms in total. The highest BCUT2D eigenvalue weighted by atomic mass is 127. The fourth-order valence-electron chi connectivity index (χ4n) is 2.89. The van der Waals surface area contributed by atoms with Crippen molar-refractivity contribution in [3.05, 3.63) is 54.8 Å². The van der Waals surface area contributed by atoms with E-state index in [1.807, 2.05) is 11.3 Å². The SMILES string of the molecule is CNC(Cc1ccc(I)cc1)c1cc2c(s1)CCCC2. The molecule has 1 atom stereocenters. The van der Waals surface area contributed by atoms with Crippen LogP contribution in [0.25, 0.3) is 0 Å². The summed E-state index contributed by atoms with van der Waals surface area (Å²) in [5.41, 5.74) is 3.02. The van der Waals surface area contributed by atoms with Gasteiger partial charge in [-0.2, -0.15) is 0 Å². The first kappa shape index (κ1) is 14.5. The molecule has 1 aromatic heterocycles. The summed E-state index contributed by atoms with van der Waals surface area (Å²) in [4.78, 5) is 3.15. The van der Waals surface area contributed by atoms with Crippen molar-refractivity contribution in [3.8, 4) is 0 Å². The molecule has 1 aliphatic carbocycles. The molecule has 0 aliphatic heterocycles. The zero-order valence-electron chi connectivity index (χ0n) is 11.8. The highest BCUT2D eigenvalue weighted by molar-refractivity contribution is 14.1. The highest BCUT2D eigenvalue weighted by Gasteiger charge is 2.18. The third-order valence-electron chi connectivity index (χ3n) is 4.06. The van der Waals surface area contributed by atoms with Crippen molar-refractivity contribution in [2.45, 2.75) is 38.1 Å². The molecule has 2 aromatic rings. The first-order chi connectivity index (χ1) is 9.76. The summed E-state index contributed by atoms with van der Waals surface area (Å²) < 4.78 is 1.30. The van der Waals surface area contributed by atoms with E-state index >= 15 is 0 Å². The van der Waals surface area contributed by atoms with Crippen LogP contribution in [0.2, 0.25) is 0 Å². The summed E-state index contributed by atoms with van der Waals surface area (Å²) >= 11 is 4.39. The molecule has 0 radical (unpaired) electrons. The van der Waals surface area contributed by atoms with Crippen LogP contribution < -0.4 is 5.32 Å². The maximum absolute atomic E-state index is 3.50. The topological polar surface area (TPSA) is 12.0 Å². The van der Waals surface area contributed by atoms with Gasteiger partial charge in [-0.3, -0.25) is 0 Å². The van der Waals surface area contributed by atoms with Gasteiger partial charge in [-0.25, -0.2) is 0 Å². The Hall–Kier alpha value is -0.390. The van der Waals surface area contributed by atoms with Crippen LogP contribution in [0, 0.1) is 3.57 Å². The zero-order chi connectivity index (χ0) is 13.9. The van der Waals surface area contributed by atoms with E-state index < -0.39 is 0 Å². The van der Waals surface area contributed by atoms with Gasteiger partial charge in [0.1, 0.15) is 0 Å². The predicted molar refractivity (Wildman–Crippen MR) is 95.6 cm³/mol. The number of benzene rings is 1. The molecule has 1 aromatic carbocycles. The second kappa shape index (κ2) is 6.58. The van der Waals surface area contributed by atoms with Crippen molar-refractivity contribution in [1.29, 1.82) is 0 Å². The second-order valence-electron chi connectivity index (χ2n) is 5.48. The van der Waals surface area contributed by atoms with Crippen molar-refractivity contribution in [1.82, 2.24) is 5.32 Å². The van der Waals surface area contributed by atoms with Gasteiger partial charge in [0.2, 0.25) is 0 Å². The summed E-state index contributed by atoms with van der Waals surface area (Å²) in [7, 11) is 2.08. The number of rotatable bonds is 4. The summed E-state index contributed by atoms with van der Waals surface area (Å²) in [5, 5.41) is 3.50. The molecule has 0 fully saturated rings. The van der Waals surface area contributed by atoms with Crippen molar-refractivity contribution in [2.75, 3.05) is 7.05 Å². The Morgan fingerprint density at radius 1 is 1.20 bits per heavy atom. The lowest BCUT2D eigenvalue weighted by atomic mass is 9.98. The van der Waals surface area contributed by atoms with Gasteiger partial charge in [0.15, 0.2) is 0 Å². The van der Waals surface area contributed by atoms with Crippen molar-refractivity contribution >= 4 is 33.9 Å². The van der Waals surface area contributed by atoms with Crippen molar-refractivity contribution in [3.63, 3.8) is 0 Å². The summed E-state index contributed by atoms with van der Waals surface area (Å²) in [6.45, 7) is 0. The molecular weight excluding hydrogens is 377 g/mol. The van der Waals surface area contributed by atoms with Gasteiger partial charge in [0.25, 0.3) is 0 Å². The van der Waals surface area contributed by atoms with Gasteiger partial charge in [-0.05, 0) is 91.1 Å². The molecular formula is C17H20INS. The van der Waals surface area contributed by atoms with Gasteiger partial charge in [-0.1, -0.05) is 12.1 Å². The normalized spacial score (nSPS) is 15.9. The van der Waals surface area contributed by atoms with Crippen molar-refractivity contribution < 1.29 is 0 Å². The lowest BCUT2D eigenvalue weighted by Gasteiger charge is -2.14. The molecule has 0 spiro atoms. The lowest BCUT2D eigenvalue weighted by Crippen LogP contribution is -2.17. The van der Waals surface area contributed by atoms with Gasteiger partial charge < -0.3 is 5.32 Å². The molecule has 3 rings (SSSR count). The Morgan fingerprint density at radius 2 is 1.95 bits per heavy atom. The van der Waals surface area contributed by atoms with Gasteiger partial charge in [0, 0.05) is 19.4 Å². The average molecular weight is 397 g/mol. The maximum atomic E-state index is 3.50. The van der Waals surface area contributed by atoms with Crippen molar-refractivity contribution in [2.24, 2.45) is 0 Å². The van der Waals surface area contributed by atoms with Crippen LogP contribution in [0.3, 0.4) is 0 Å². The number of nitrogens with one attached hydrogen (secondary N) is 1. The number of hydrogen-bond donors (Lipinski definition) is 1. The Bertz CT molecular complexity index is 550. The standard InChI is InChI=1S/C17H20INS/c1-19-15(10-12-6-8-14(18)9-7-12)17-11-13-4-2-3-5-16(13)20-17/h6-9,11,15,19H,2-5,10H2,1H3. The monoisotopic (exact) mass is 397 g/mol. The van der Waals surface area contributed by atoms with E-state index in [9.17, 15) is 0 Å². The molecule has 1 heterocycles. The van der Waals surface area contributed by atoms with Crippen LogP contribution in [0.5, 0.6) is 0 Å². The van der Waals surface area contributed by atoms with E-state index in [2.05, 4.69) is 65.3 Å². The summed E-state index contributed by atoms with van der Waals surface area (Å²) in [6, 6.07) is 11.8. The summed E-state index contributed by atoms with van der Waals surface area (Å²) in [5.74, 6) is 0. The first-order valence-corrected chi connectivity index (χ1v) is 9.19. The van der Waals surface area contributed by atoms with Crippen LogP contribution >= 0.6 is 33.9 Å². The van der Waals surface area contributed by atoms with Gasteiger partial charge in [0.05, 0.1) is 0 Å². The summed E-state index contributed by atoms with van der Waals surface area (Å²) in [6.07, 6.45) is 6.39. The molecule has 0 saturated carbocycles. The van der Waals surface area contributed by atoms with Crippen LogP contribution in [-0.4, -0.2) is 7.05 Å². The van der Waals surface area contributed by atoms with Gasteiger partial charge >= 0.3 is 0 Å². The Kier molecular flexibility index (Phi) is 4.79. The van der Waals surface area contributed by atoms with E-state index in [0.717, 1.165) is 6.42 Å². The number of halogens is 1. The van der Waals surface area contributed by atoms with E-state index in [1.54, 1.807) is 10.4 Å². The average Bonchev–Trinajstić information content (AvgIpc) is 2.90. The van der Waals surface area contributed by atoms with Crippen LogP contribution in [-0.2, 0) is 19.3 Å². The minimum absolute atomic E-state index is 0.450. The molecule has 1 N–H and O–H groups in total. The number of fused-ring (bicyclic) bond motifs is 1. The van der Waals surface area contributed by atoms with E-state index in [4.69, 9.17) is 0 Å². The minimum Gasteiger partial charge on any atom is -0.312 e. The van der Waals surface area contributed by atoms with Crippen LogP contribution in [0.1, 0.15) is 39.8 Å². The number of hydrogen-bond acceptors (Lipinski definition) is 2. The van der Waals surface area contributed by atoms with E-state index in [1.165, 1.54) is 39.7 Å². The van der Waals surface area contributed by atoms with E-state index in [-0.39, 0.29) is 0 Å². The van der Waals surface area contributed by atoms with E-state index in [0.29, 0.717) is 6.04 Å². The highest BCUT2D eigenvalue weighted by Crippen LogP contribution is 2.34. The number of thiophene rings is 1. The minimum atomic E-state index is 0.450. The first-order valence-electron chi connectivity index (χ1n) is 7.29. The van der Waals surface area contributed by atoms with Crippen LogP contribution in [0.4, 0.5) is 0 Å². The molecule has 0 bridgehead atoms. The Morgan fingerprint density at radius 3 is 2.65 bits per heavy atom. The molecule has 0 saturated heterocycles. The zero-order valence-corrected chi connectivity index (χ0v) is 14.8. The Labute approximate surface area is 138 Å². The molecule has 1 unspecified atom stereocenters. The molecule has 106 valence electrons. The Balaban J connectivity index is 1.79. The van der Waals surface area contributed by atoms with Crippen LogP contribution in [0.15, 0.2) is 30.3 Å². The number of aryl methyl sites for hydroxylation is 2. The molecule has 0 amide bonds. The quantitative estimate of drug-likeness (QED) is 0.736. The molecule has 3 heteroatoms. The van der Waals surface area contributed by atoms with Gasteiger partial charge in [-0.15, -0.1) is 11.3 Å². The number of likely N-dealkylation sites (N-methyl/N-ethyl adjacent to an activating group) is 1. The maximum Gasteiger partial charge on any atom is 0.0453 e. The molecule has 1 aliphatic rings. The lowest BCUT2D eigenvalue weighted by molar-refractivity contribution is 0.601. The molecule has 20 heavy (non-hydrogen) atoms. The third kappa shape index (κ3) is 3.26. The predicted octanol–water partition coefficient (Wildman–Crippen LogP) is 4.73. The smallest absolute Gasteiger partial charge is 0.0453 e. The second-order valence-corrected chi connectivity index (χ2v) is 7.89.